The van der Waals surface area contributed by atoms with Crippen molar-refractivity contribution in [3.63, 3.8) is 0 Å². The summed E-state index contributed by atoms with van der Waals surface area (Å²) >= 11 is 0. The van der Waals surface area contributed by atoms with Gasteiger partial charge in [0.2, 0.25) is 5.91 Å². The molecule has 0 fully saturated rings. The summed E-state index contributed by atoms with van der Waals surface area (Å²) in [4.78, 5) is 16.2. The lowest BCUT2D eigenvalue weighted by Gasteiger charge is -2.13. The summed E-state index contributed by atoms with van der Waals surface area (Å²) in [5, 5.41) is 9.39. The molecule has 176 valence electrons. The van der Waals surface area contributed by atoms with E-state index in [1.807, 2.05) is 49.4 Å². The van der Waals surface area contributed by atoms with Crippen molar-refractivity contribution in [1.29, 1.82) is 0 Å². The lowest BCUT2D eigenvalue weighted by molar-refractivity contribution is -0.121. The van der Waals surface area contributed by atoms with Crippen LogP contribution in [0.1, 0.15) is 30.9 Å². The Bertz CT molecular complexity index is 831. The fraction of sp³-hybridized carbons (Fsp3) is 0.417. The van der Waals surface area contributed by atoms with Gasteiger partial charge in [0.25, 0.3) is 0 Å². The summed E-state index contributed by atoms with van der Waals surface area (Å²) < 4.78 is 11.0. The first-order valence-electron chi connectivity index (χ1n) is 10.7. The van der Waals surface area contributed by atoms with Gasteiger partial charge in [0.05, 0.1) is 13.7 Å². The molecule has 0 aromatic heterocycles. The number of aliphatic imine (C=N–C) groups is 1. The van der Waals surface area contributed by atoms with Crippen molar-refractivity contribution in [3.8, 4) is 11.5 Å². The Hall–Kier alpha value is -2.49. The van der Waals surface area contributed by atoms with Crippen molar-refractivity contribution in [2.24, 2.45) is 4.99 Å². The Balaban J connectivity index is 0.00000512. The van der Waals surface area contributed by atoms with Crippen LogP contribution in [0, 0.1) is 0 Å². The van der Waals surface area contributed by atoms with Crippen LogP contribution in [0.2, 0.25) is 0 Å². The number of amides is 1. The van der Waals surface area contributed by atoms with Gasteiger partial charge in [-0.1, -0.05) is 36.4 Å². The highest BCUT2D eigenvalue weighted by Crippen LogP contribution is 2.28. The second-order valence-corrected chi connectivity index (χ2v) is 6.96. The maximum Gasteiger partial charge on any atom is 0.222 e. The SMILES string of the molecule is CCOc1cc(CCCNC(=NC)NCCC(=O)NCc2ccccc2)ccc1OC.I. The Morgan fingerprint density at radius 2 is 1.72 bits per heavy atom. The van der Waals surface area contributed by atoms with E-state index in [9.17, 15) is 4.79 Å². The zero-order valence-corrected chi connectivity index (χ0v) is 21.5. The Labute approximate surface area is 208 Å². The molecule has 0 spiro atoms. The van der Waals surface area contributed by atoms with E-state index in [2.05, 4.69) is 27.0 Å². The number of aryl methyl sites for hydroxylation is 1. The molecule has 7 nitrogen and oxygen atoms in total. The van der Waals surface area contributed by atoms with Crippen LogP contribution in [0.3, 0.4) is 0 Å². The molecule has 0 saturated heterocycles. The Morgan fingerprint density at radius 3 is 2.41 bits per heavy atom. The van der Waals surface area contributed by atoms with E-state index >= 15 is 0 Å². The summed E-state index contributed by atoms with van der Waals surface area (Å²) in [5.74, 6) is 2.23. The number of carbonyl (C=O) groups excluding carboxylic acids is 1. The molecule has 0 atom stereocenters. The molecule has 2 aromatic rings. The van der Waals surface area contributed by atoms with Gasteiger partial charge in [0, 0.05) is 33.1 Å². The molecule has 0 unspecified atom stereocenters. The predicted molar refractivity (Wildman–Crippen MR) is 140 cm³/mol. The molecule has 2 rings (SSSR count). The van der Waals surface area contributed by atoms with Crippen LogP contribution < -0.4 is 25.4 Å². The number of ether oxygens (including phenoxy) is 2. The number of rotatable bonds is 12. The molecule has 32 heavy (non-hydrogen) atoms. The number of nitrogens with zero attached hydrogens (tertiary/aromatic N) is 1. The molecule has 0 saturated carbocycles. The maximum atomic E-state index is 12.0. The number of methoxy groups -OCH3 is 1. The van der Waals surface area contributed by atoms with Gasteiger partial charge < -0.3 is 25.4 Å². The molecular weight excluding hydrogens is 519 g/mol. The van der Waals surface area contributed by atoms with Crippen LogP contribution in [0.5, 0.6) is 11.5 Å². The van der Waals surface area contributed by atoms with E-state index < -0.39 is 0 Å². The van der Waals surface area contributed by atoms with Crippen molar-refractivity contribution < 1.29 is 14.3 Å². The van der Waals surface area contributed by atoms with Crippen molar-refractivity contribution >= 4 is 35.8 Å². The number of hydrogen-bond acceptors (Lipinski definition) is 4. The van der Waals surface area contributed by atoms with Crippen LogP contribution in [-0.2, 0) is 17.8 Å². The van der Waals surface area contributed by atoms with Gasteiger partial charge in [0.15, 0.2) is 17.5 Å². The number of hydrogen-bond donors (Lipinski definition) is 3. The first-order valence-corrected chi connectivity index (χ1v) is 10.7. The van der Waals surface area contributed by atoms with E-state index in [0.717, 1.165) is 36.4 Å². The predicted octanol–water partition coefficient (Wildman–Crippen LogP) is 3.52. The number of benzene rings is 2. The fourth-order valence-electron chi connectivity index (χ4n) is 3.04. The standard InChI is InChI=1S/C24H34N4O3.HI/c1-4-31-22-17-19(12-13-21(22)30-3)11-8-15-26-24(25-2)27-16-14-23(29)28-18-20-9-6-5-7-10-20;/h5-7,9-10,12-13,17H,4,8,11,14-16,18H2,1-3H3,(H,28,29)(H2,25,26,27);1H. The van der Waals surface area contributed by atoms with Crippen LogP contribution in [-0.4, -0.2) is 45.7 Å². The number of nitrogens with one attached hydrogen (secondary N) is 3. The number of carbonyl (C=O) groups is 1. The Morgan fingerprint density at radius 1 is 0.969 bits per heavy atom. The zero-order chi connectivity index (χ0) is 22.3. The van der Waals surface area contributed by atoms with Gasteiger partial charge in [-0.25, -0.2) is 0 Å². The van der Waals surface area contributed by atoms with E-state index in [4.69, 9.17) is 9.47 Å². The summed E-state index contributed by atoms with van der Waals surface area (Å²) in [6, 6.07) is 15.9. The smallest absolute Gasteiger partial charge is 0.222 e. The molecule has 0 radical (unpaired) electrons. The summed E-state index contributed by atoms with van der Waals surface area (Å²) in [7, 11) is 3.37. The highest BCUT2D eigenvalue weighted by atomic mass is 127. The average molecular weight is 554 g/mol. The quantitative estimate of drug-likeness (QED) is 0.162. The van der Waals surface area contributed by atoms with Crippen LogP contribution in [0.25, 0.3) is 0 Å². The number of halogens is 1. The van der Waals surface area contributed by atoms with Crippen molar-refractivity contribution in [2.45, 2.75) is 32.7 Å². The summed E-state index contributed by atoms with van der Waals surface area (Å²) in [5.41, 5.74) is 2.29. The fourth-order valence-corrected chi connectivity index (χ4v) is 3.04. The second-order valence-electron chi connectivity index (χ2n) is 6.96. The molecule has 0 bridgehead atoms. The topological polar surface area (TPSA) is 84.0 Å². The minimum atomic E-state index is 0. The first-order chi connectivity index (χ1) is 15.2. The van der Waals surface area contributed by atoms with E-state index in [-0.39, 0.29) is 29.9 Å². The minimum absolute atomic E-state index is 0. The lowest BCUT2D eigenvalue weighted by Crippen LogP contribution is -2.39. The van der Waals surface area contributed by atoms with Crippen molar-refractivity contribution in [3.05, 3.63) is 59.7 Å². The van der Waals surface area contributed by atoms with Gasteiger partial charge in [-0.05, 0) is 43.0 Å². The van der Waals surface area contributed by atoms with E-state index in [1.165, 1.54) is 5.56 Å². The van der Waals surface area contributed by atoms with E-state index in [0.29, 0.717) is 32.1 Å². The van der Waals surface area contributed by atoms with Crippen LogP contribution in [0.15, 0.2) is 53.5 Å². The van der Waals surface area contributed by atoms with Gasteiger partial charge in [-0.3, -0.25) is 9.79 Å². The molecule has 8 heteroatoms. The largest absolute Gasteiger partial charge is 0.493 e. The van der Waals surface area contributed by atoms with Gasteiger partial charge >= 0.3 is 0 Å². The maximum absolute atomic E-state index is 12.0. The van der Waals surface area contributed by atoms with Crippen molar-refractivity contribution in [1.82, 2.24) is 16.0 Å². The second kappa shape index (κ2) is 16.2. The number of guanidine groups is 1. The third kappa shape index (κ3) is 10.2. The van der Waals surface area contributed by atoms with Crippen LogP contribution >= 0.6 is 24.0 Å². The van der Waals surface area contributed by atoms with Crippen molar-refractivity contribution in [2.75, 3.05) is 33.9 Å². The molecule has 0 aliphatic rings. The third-order valence-electron chi connectivity index (χ3n) is 4.66. The molecule has 2 aromatic carbocycles. The zero-order valence-electron chi connectivity index (χ0n) is 19.1. The summed E-state index contributed by atoms with van der Waals surface area (Å²) in [6.45, 7) is 4.41. The minimum Gasteiger partial charge on any atom is -0.493 e. The van der Waals surface area contributed by atoms with Gasteiger partial charge in [-0.2, -0.15) is 0 Å². The normalized spacial score (nSPS) is 10.7. The highest BCUT2D eigenvalue weighted by molar-refractivity contribution is 14.0. The molecule has 0 heterocycles. The molecule has 3 N–H and O–H groups in total. The van der Waals surface area contributed by atoms with Gasteiger partial charge in [0.1, 0.15) is 0 Å². The molecule has 0 aliphatic heterocycles. The molecular formula is C24H35IN4O3. The monoisotopic (exact) mass is 554 g/mol. The average Bonchev–Trinajstić information content (AvgIpc) is 2.80. The Kier molecular flexibility index (Phi) is 13.9. The molecule has 1 amide bonds. The van der Waals surface area contributed by atoms with Crippen LogP contribution in [0.4, 0.5) is 0 Å². The third-order valence-corrected chi connectivity index (χ3v) is 4.66. The van der Waals surface area contributed by atoms with Gasteiger partial charge in [-0.15, -0.1) is 24.0 Å². The first kappa shape index (κ1) is 27.5. The summed E-state index contributed by atoms with van der Waals surface area (Å²) in [6.07, 6.45) is 2.24. The molecule has 0 aliphatic carbocycles. The lowest BCUT2D eigenvalue weighted by atomic mass is 10.1. The highest BCUT2D eigenvalue weighted by Gasteiger charge is 2.06. The van der Waals surface area contributed by atoms with E-state index in [1.54, 1.807) is 14.2 Å².